The molecule has 0 fully saturated rings. The van der Waals surface area contributed by atoms with E-state index < -0.39 is 0 Å². The van der Waals surface area contributed by atoms with Gasteiger partial charge in [-0.1, -0.05) is 0 Å². The number of nitrogens with zero attached hydrogens (tertiary/aromatic N) is 1. The summed E-state index contributed by atoms with van der Waals surface area (Å²) in [4.78, 5) is 15.4. The van der Waals surface area contributed by atoms with Gasteiger partial charge in [0.25, 0.3) is 0 Å². The van der Waals surface area contributed by atoms with Crippen molar-refractivity contribution in [3.05, 3.63) is 24.0 Å². The molecule has 88 valence electrons. The number of carbonyl (C=O) groups is 1. The Bertz CT molecular complexity index is 342. The summed E-state index contributed by atoms with van der Waals surface area (Å²) >= 11 is 0. The number of hydrogen-bond donors (Lipinski definition) is 2. The Morgan fingerprint density at radius 1 is 1.50 bits per heavy atom. The van der Waals surface area contributed by atoms with Crippen molar-refractivity contribution >= 4 is 11.6 Å². The van der Waals surface area contributed by atoms with Crippen molar-refractivity contribution in [1.29, 1.82) is 0 Å². The molecule has 16 heavy (non-hydrogen) atoms. The maximum Gasteiger partial charge on any atom is 0.238 e. The highest BCUT2D eigenvalue weighted by Gasteiger charge is 2.01. The van der Waals surface area contributed by atoms with Crippen molar-refractivity contribution in [1.82, 2.24) is 10.3 Å². The van der Waals surface area contributed by atoms with E-state index in [1.165, 1.54) is 0 Å². The van der Waals surface area contributed by atoms with Crippen molar-refractivity contribution < 1.29 is 9.53 Å². The van der Waals surface area contributed by atoms with Gasteiger partial charge in [-0.25, -0.2) is 0 Å². The minimum Gasteiger partial charge on any atom is -0.383 e. The highest BCUT2D eigenvalue weighted by Crippen LogP contribution is 2.06. The predicted octanol–water partition coefficient (Wildman–Crippen LogP) is 0.565. The molecule has 0 aliphatic carbocycles. The molecule has 1 heterocycles. The number of nitrogens with one attached hydrogen (secondary N) is 2. The van der Waals surface area contributed by atoms with E-state index in [2.05, 4.69) is 15.6 Å². The first-order valence-corrected chi connectivity index (χ1v) is 5.13. The Morgan fingerprint density at radius 2 is 2.31 bits per heavy atom. The first-order chi connectivity index (χ1) is 7.72. The molecule has 2 N–H and O–H groups in total. The van der Waals surface area contributed by atoms with E-state index in [-0.39, 0.29) is 12.5 Å². The average molecular weight is 223 g/mol. The van der Waals surface area contributed by atoms with E-state index in [0.29, 0.717) is 13.2 Å². The van der Waals surface area contributed by atoms with Crippen molar-refractivity contribution in [2.75, 3.05) is 32.1 Å². The maximum absolute atomic E-state index is 11.4. The Balaban J connectivity index is 2.29. The second kappa shape index (κ2) is 6.92. The van der Waals surface area contributed by atoms with Crippen molar-refractivity contribution in [2.45, 2.75) is 6.92 Å². The molecule has 0 saturated heterocycles. The average Bonchev–Trinajstić information content (AvgIpc) is 2.24. The van der Waals surface area contributed by atoms with Crippen LogP contribution in [0.4, 0.5) is 5.69 Å². The molecule has 5 nitrogen and oxygen atoms in total. The van der Waals surface area contributed by atoms with Crippen LogP contribution >= 0.6 is 0 Å². The zero-order valence-electron chi connectivity index (χ0n) is 9.62. The maximum atomic E-state index is 11.4. The molecule has 1 amide bonds. The van der Waals surface area contributed by atoms with Crippen LogP contribution in [0, 0.1) is 6.92 Å². The molecule has 0 aliphatic heterocycles. The smallest absolute Gasteiger partial charge is 0.238 e. The van der Waals surface area contributed by atoms with Gasteiger partial charge in [-0.3, -0.25) is 9.78 Å². The molecular weight excluding hydrogens is 206 g/mol. The van der Waals surface area contributed by atoms with Crippen LogP contribution in [0.3, 0.4) is 0 Å². The predicted molar refractivity (Wildman–Crippen MR) is 62.3 cm³/mol. The molecule has 0 unspecified atom stereocenters. The first-order valence-electron chi connectivity index (χ1n) is 5.13. The number of pyridine rings is 1. The van der Waals surface area contributed by atoms with Gasteiger partial charge in [-0.05, 0) is 18.6 Å². The van der Waals surface area contributed by atoms with Gasteiger partial charge in [0.05, 0.1) is 25.0 Å². The second-order valence-corrected chi connectivity index (χ2v) is 3.47. The van der Waals surface area contributed by atoms with Crippen LogP contribution in [0.15, 0.2) is 18.5 Å². The Labute approximate surface area is 95.2 Å². The number of amides is 1. The van der Waals surface area contributed by atoms with Crippen molar-refractivity contribution in [3.63, 3.8) is 0 Å². The second-order valence-electron chi connectivity index (χ2n) is 3.47. The summed E-state index contributed by atoms with van der Waals surface area (Å²) in [5, 5.41) is 5.72. The number of aryl methyl sites for hydroxylation is 1. The molecule has 0 aliphatic rings. The fourth-order valence-corrected chi connectivity index (χ4v) is 1.20. The fourth-order valence-electron chi connectivity index (χ4n) is 1.20. The number of carbonyl (C=O) groups excluding carboxylic acids is 1. The summed E-state index contributed by atoms with van der Waals surface area (Å²) in [6.07, 6.45) is 3.37. The van der Waals surface area contributed by atoms with Crippen LogP contribution in [-0.4, -0.2) is 37.7 Å². The number of aromatic nitrogens is 1. The minimum atomic E-state index is -0.0801. The zero-order valence-corrected chi connectivity index (χ0v) is 9.62. The van der Waals surface area contributed by atoms with Gasteiger partial charge in [0.1, 0.15) is 0 Å². The molecule has 5 heteroatoms. The van der Waals surface area contributed by atoms with E-state index in [4.69, 9.17) is 4.74 Å². The van der Waals surface area contributed by atoms with Crippen molar-refractivity contribution in [2.24, 2.45) is 0 Å². The number of rotatable bonds is 6. The van der Waals surface area contributed by atoms with Crippen molar-refractivity contribution in [3.8, 4) is 0 Å². The molecule has 1 rings (SSSR count). The van der Waals surface area contributed by atoms with Crippen LogP contribution < -0.4 is 10.6 Å². The summed E-state index contributed by atoms with van der Waals surface area (Å²) in [7, 11) is 1.63. The molecule has 0 radical (unpaired) electrons. The molecule has 0 atom stereocenters. The minimum absolute atomic E-state index is 0.0801. The zero-order chi connectivity index (χ0) is 11.8. The Kier molecular flexibility index (Phi) is 5.45. The Hall–Kier alpha value is -1.46. The summed E-state index contributed by atoms with van der Waals surface area (Å²) in [6.45, 7) is 3.46. The van der Waals surface area contributed by atoms with Crippen LogP contribution in [-0.2, 0) is 9.53 Å². The number of methoxy groups -OCH3 is 1. The van der Waals surface area contributed by atoms with E-state index in [9.17, 15) is 4.79 Å². The van der Waals surface area contributed by atoms with E-state index in [1.54, 1.807) is 19.5 Å². The summed E-state index contributed by atoms with van der Waals surface area (Å²) in [6, 6.07) is 1.88. The lowest BCUT2D eigenvalue weighted by atomic mass is 10.3. The highest BCUT2D eigenvalue weighted by atomic mass is 16.5. The molecule has 0 spiro atoms. The molecule has 1 aromatic rings. The molecule has 0 bridgehead atoms. The van der Waals surface area contributed by atoms with E-state index >= 15 is 0 Å². The van der Waals surface area contributed by atoms with Gasteiger partial charge in [0, 0.05) is 19.9 Å². The summed E-state index contributed by atoms with van der Waals surface area (Å²) in [5.74, 6) is -0.0801. The third-order valence-corrected chi connectivity index (χ3v) is 1.93. The third-order valence-electron chi connectivity index (χ3n) is 1.93. The first kappa shape index (κ1) is 12.6. The highest BCUT2D eigenvalue weighted by molar-refractivity contribution is 5.92. The van der Waals surface area contributed by atoms with Gasteiger partial charge in [0.2, 0.25) is 5.91 Å². The Morgan fingerprint density at radius 3 is 3.00 bits per heavy atom. The standard InChI is InChI=1S/C11H17N3O2/c1-9-5-10(7-13-6-9)14-11(15)8-12-3-4-16-2/h5-7,12H,3-4,8H2,1-2H3,(H,14,15). The van der Waals surface area contributed by atoms with E-state index in [1.807, 2.05) is 13.0 Å². The topological polar surface area (TPSA) is 63.2 Å². The molecule has 0 aromatic carbocycles. The fraction of sp³-hybridized carbons (Fsp3) is 0.455. The van der Waals surface area contributed by atoms with Gasteiger partial charge in [-0.15, -0.1) is 0 Å². The van der Waals surface area contributed by atoms with Gasteiger partial charge in [0.15, 0.2) is 0 Å². The number of hydrogen-bond acceptors (Lipinski definition) is 4. The van der Waals surface area contributed by atoms with Crippen LogP contribution in [0.2, 0.25) is 0 Å². The van der Waals surface area contributed by atoms with Gasteiger partial charge < -0.3 is 15.4 Å². The number of ether oxygens (including phenoxy) is 1. The summed E-state index contributed by atoms with van der Waals surface area (Å²) in [5.41, 5.74) is 1.74. The van der Waals surface area contributed by atoms with Crippen LogP contribution in [0.5, 0.6) is 0 Å². The summed E-state index contributed by atoms with van der Waals surface area (Å²) < 4.78 is 4.85. The SMILES string of the molecule is COCCNCC(=O)Nc1cncc(C)c1. The quantitative estimate of drug-likeness (QED) is 0.692. The number of anilines is 1. The third kappa shape index (κ3) is 4.86. The molecule has 0 saturated carbocycles. The lowest BCUT2D eigenvalue weighted by molar-refractivity contribution is -0.115. The normalized spacial score (nSPS) is 10.1. The molecule has 1 aromatic heterocycles. The molecular formula is C11H17N3O2. The van der Waals surface area contributed by atoms with E-state index in [0.717, 1.165) is 11.3 Å². The van der Waals surface area contributed by atoms with Crippen LogP contribution in [0.1, 0.15) is 5.56 Å². The monoisotopic (exact) mass is 223 g/mol. The van der Waals surface area contributed by atoms with Gasteiger partial charge in [-0.2, -0.15) is 0 Å². The lowest BCUT2D eigenvalue weighted by Gasteiger charge is -2.06. The van der Waals surface area contributed by atoms with Gasteiger partial charge >= 0.3 is 0 Å². The largest absolute Gasteiger partial charge is 0.383 e. The lowest BCUT2D eigenvalue weighted by Crippen LogP contribution is -2.30. The van der Waals surface area contributed by atoms with Crippen LogP contribution in [0.25, 0.3) is 0 Å².